The molecule has 1 aromatic carbocycles. The summed E-state index contributed by atoms with van der Waals surface area (Å²) in [6.45, 7) is 8.24. The molecular formula is C25H35N3O4S. The van der Waals surface area contributed by atoms with Crippen molar-refractivity contribution in [3.05, 3.63) is 47.3 Å². The summed E-state index contributed by atoms with van der Waals surface area (Å²) in [7, 11) is -3.64. The first-order valence-electron chi connectivity index (χ1n) is 12.0. The van der Waals surface area contributed by atoms with Gasteiger partial charge in [0.15, 0.2) is 0 Å². The molecule has 1 atom stereocenters. The fourth-order valence-electron chi connectivity index (χ4n) is 4.46. The number of benzene rings is 1. The summed E-state index contributed by atoms with van der Waals surface area (Å²) in [6, 6.07) is 7.55. The number of amides is 1. The van der Waals surface area contributed by atoms with Crippen molar-refractivity contribution in [2.45, 2.75) is 76.6 Å². The molecule has 2 aliphatic rings. The molecule has 1 aliphatic heterocycles. The van der Waals surface area contributed by atoms with E-state index in [1.54, 1.807) is 10.8 Å². The maximum atomic E-state index is 13.4. The third-order valence-corrected chi connectivity index (χ3v) is 7.80. The fourth-order valence-corrected chi connectivity index (χ4v) is 5.95. The Morgan fingerprint density at radius 2 is 2.06 bits per heavy atom. The first-order valence-corrected chi connectivity index (χ1v) is 13.6. The molecule has 1 saturated carbocycles. The number of hydrogen-bond donors (Lipinski definition) is 0. The minimum Gasteiger partial charge on any atom is -0.376 e. The summed E-state index contributed by atoms with van der Waals surface area (Å²) in [5.74, 6) is 0.380. The highest BCUT2D eigenvalue weighted by Crippen LogP contribution is 2.32. The van der Waals surface area contributed by atoms with Gasteiger partial charge in [0.2, 0.25) is 20.9 Å². The fraction of sp³-hybridized carbons (Fsp3) is 0.600. The second-order valence-electron chi connectivity index (χ2n) is 9.91. The molecule has 4 rings (SSSR count). The van der Waals surface area contributed by atoms with Crippen LogP contribution in [0.3, 0.4) is 0 Å². The van der Waals surface area contributed by atoms with E-state index in [-0.39, 0.29) is 34.8 Å². The second kappa shape index (κ2) is 9.97. The van der Waals surface area contributed by atoms with E-state index in [1.807, 2.05) is 36.1 Å². The standard InChI is InChI=1S/C25H35N3O4S/c1-18(2)14-28-22(15-27(24(29)21-9-10-21)16-23-8-5-11-32-23)13-26-25(28)33(30,31)17-20-7-4-6-19(3)12-20/h4,6-7,12-13,18,21,23H,5,8-11,14-17H2,1-3H3. The average Bonchev–Trinajstić information content (AvgIpc) is 3.32. The Morgan fingerprint density at radius 3 is 2.70 bits per heavy atom. The van der Waals surface area contributed by atoms with Crippen LogP contribution in [0.15, 0.2) is 35.6 Å². The van der Waals surface area contributed by atoms with Crippen molar-refractivity contribution >= 4 is 15.7 Å². The molecular weight excluding hydrogens is 438 g/mol. The smallest absolute Gasteiger partial charge is 0.228 e. The first kappa shape index (κ1) is 24.0. The second-order valence-corrected chi connectivity index (χ2v) is 11.8. The van der Waals surface area contributed by atoms with Crippen LogP contribution in [0.1, 0.15) is 56.4 Å². The van der Waals surface area contributed by atoms with Gasteiger partial charge in [0, 0.05) is 25.6 Å². The van der Waals surface area contributed by atoms with Crippen LogP contribution in [-0.4, -0.2) is 48.0 Å². The van der Waals surface area contributed by atoms with E-state index in [1.165, 1.54) is 0 Å². The summed E-state index contributed by atoms with van der Waals surface area (Å²) >= 11 is 0. The third kappa shape index (κ3) is 6.03. The van der Waals surface area contributed by atoms with E-state index in [2.05, 4.69) is 18.8 Å². The third-order valence-electron chi connectivity index (χ3n) is 6.21. The van der Waals surface area contributed by atoms with Gasteiger partial charge in [-0.25, -0.2) is 13.4 Å². The van der Waals surface area contributed by atoms with Gasteiger partial charge in [-0.2, -0.15) is 0 Å². The zero-order chi connectivity index (χ0) is 23.6. The van der Waals surface area contributed by atoms with Gasteiger partial charge in [-0.05, 0) is 44.1 Å². The molecule has 8 heteroatoms. The molecule has 2 fully saturated rings. The van der Waals surface area contributed by atoms with Gasteiger partial charge >= 0.3 is 0 Å². The lowest BCUT2D eigenvalue weighted by Crippen LogP contribution is -2.38. The van der Waals surface area contributed by atoms with E-state index >= 15 is 0 Å². The number of carbonyl (C=O) groups excluding carboxylic acids is 1. The summed E-state index contributed by atoms with van der Waals surface area (Å²) in [5, 5.41) is 0.0867. The summed E-state index contributed by atoms with van der Waals surface area (Å²) in [5.41, 5.74) is 2.54. The summed E-state index contributed by atoms with van der Waals surface area (Å²) in [6.07, 6.45) is 5.52. The lowest BCUT2D eigenvalue weighted by atomic mass is 10.2. The predicted octanol–water partition coefficient (Wildman–Crippen LogP) is 3.74. The van der Waals surface area contributed by atoms with Crippen LogP contribution in [0, 0.1) is 18.8 Å². The SMILES string of the molecule is Cc1cccc(CS(=O)(=O)c2ncc(CN(CC3CCCO3)C(=O)C3CC3)n2CC(C)C)c1. The van der Waals surface area contributed by atoms with Crippen LogP contribution < -0.4 is 0 Å². The number of aryl methyl sites for hydroxylation is 1. The molecule has 1 aliphatic carbocycles. The zero-order valence-corrected chi connectivity index (χ0v) is 20.7. The number of sulfone groups is 1. The van der Waals surface area contributed by atoms with Gasteiger partial charge in [-0.3, -0.25) is 4.79 Å². The lowest BCUT2D eigenvalue weighted by molar-refractivity contribution is -0.134. The number of nitrogens with zero attached hydrogens (tertiary/aromatic N) is 3. The Kier molecular flexibility index (Phi) is 7.24. The van der Waals surface area contributed by atoms with E-state index in [0.29, 0.717) is 19.6 Å². The Hall–Kier alpha value is -2.19. The molecule has 0 bridgehead atoms. The van der Waals surface area contributed by atoms with Crippen LogP contribution in [-0.2, 0) is 38.2 Å². The van der Waals surface area contributed by atoms with Gasteiger partial charge in [-0.1, -0.05) is 43.7 Å². The predicted molar refractivity (Wildman–Crippen MR) is 126 cm³/mol. The lowest BCUT2D eigenvalue weighted by Gasteiger charge is -2.26. The van der Waals surface area contributed by atoms with E-state index in [9.17, 15) is 13.2 Å². The maximum Gasteiger partial charge on any atom is 0.228 e. The van der Waals surface area contributed by atoms with Crippen molar-refractivity contribution in [1.82, 2.24) is 14.5 Å². The minimum atomic E-state index is -3.64. The van der Waals surface area contributed by atoms with E-state index < -0.39 is 9.84 Å². The van der Waals surface area contributed by atoms with Gasteiger partial charge in [0.05, 0.1) is 30.3 Å². The monoisotopic (exact) mass is 473 g/mol. The molecule has 1 saturated heterocycles. The average molecular weight is 474 g/mol. The van der Waals surface area contributed by atoms with E-state index in [4.69, 9.17) is 4.74 Å². The molecule has 7 nitrogen and oxygen atoms in total. The number of ether oxygens (including phenoxy) is 1. The maximum absolute atomic E-state index is 13.4. The van der Waals surface area contributed by atoms with Gasteiger partial charge < -0.3 is 14.2 Å². The van der Waals surface area contributed by atoms with Crippen molar-refractivity contribution in [3.8, 4) is 0 Å². The van der Waals surface area contributed by atoms with Crippen LogP contribution in [0.25, 0.3) is 0 Å². The molecule has 1 unspecified atom stereocenters. The molecule has 2 aromatic rings. The van der Waals surface area contributed by atoms with E-state index in [0.717, 1.165) is 49.1 Å². The summed E-state index contributed by atoms with van der Waals surface area (Å²) in [4.78, 5) is 19.3. The van der Waals surface area contributed by atoms with Gasteiger partial charge in [0.25, 0.3) is 0 Å². The zero-order valence-electron chi connectivity index (χ0n) is 19.9. The number of aromatic nitrogens is 2. The number of rotatable bonds is 10. The van der Waals surface area contributed by atoms with Crippen LogP contribution >= 0.6 is 0 Å². The number of imidazole rings is 1. The topological polar surface area (TPSA) is 81.5 Å². The Labute approximate surface area is 197 Å². The Morgan fingerprint density at radius 1 is 1.27 bits per heavy atom. The molecule has 2 heterocycles. The molecule has 1 amide bonds. The van der Waals surface area contributed by atoms with Crippen LogP contribution in [0.2, 0.25) is 0 Å². The Bertz CT molecular complexity index is 1080. The minimum absolute atomic E-state index is 0.0543. The van der Waals surface area contributed by atoms with Crippen molar-refractivity contribution in [2.75, 3.05) is 13.2 Å². The number of hydrogen-bond acceptors (Lipinski definition) is 5. The normalized spacial score (nSPS) is 18.7. The summed E-state index contributed by atoms with van der Waals surface area (Å²) < 4.78 is 34.3. The Balaban J connectivity index is 1.61. The molecule has 180 valence electrons. The van der Waals surface area contributed by atoms with Crippen molar-refractivity contribution < 1.29 is 17.9 Å². The highest BCUT2D eigenvalue weighted by Gasteiger charge is 2.36. The van der Waals surface area contributed by atoms with Crippen LogP contribution in [0.5, 0.6) is 0 Å². The molecule has 0 radical (unpaired) electrons. The molecule has 33 heavy (non-hydrogen) atoms. The largest absolute Gasteiger partial charge is 0.376 e. The van der Waals surface area contributed by atoms with Gasteiger partial charge in [0.1, 0.15) is 0 Å². The first-order chi connectivity index (χ1) is 15.7. The van der Waals surface area contributed by atoms with Crippen molar-refractivity contribution in [1.29, 1.82) is 0 Å². The molecule has 0 spiro atoms. The van der Waals surface area contributed by atoms with Gasteiger partial charge in [-0.15, -0.1) is 0 Å². The number of carbonyl (C=O) groups is 1. The van der Waals surface area contributed by atoms with Crippen molar-refractivity contribution in [2.24, 2.45) is 11.8 Å². The van der Waals surface area contributed by atoms with Crippen LogP contribution in [0.4, 0.5) is 0 Å². The molecule has 0 N–H and O–H groups in total. The highest BCUT2D eigenvalue weighted by molar-refractivity contribution is 7.90. The van der Waals surface area contributed by atoms with Crippen molar-refractivity contribution in [3.63, 3.8) is 0 Å². The quantitative estimate of drug-likeness (QED) is 0.525. The molecule has 1 aromatic heterocycles. The highest BCUT2D eigenvalue weighted by atomic mass is 32.2.